The molecule has 0 aliphatic rings. The lowest BCUT2D eigenvalue weighted by Gasteiger charge is -2.22. The maximum absolute atomic E-state index is 12.9. The summed E-state index contributed by atoms with van der Waals surface area (Å²) >= 11 is 9.66. The van der Waals surface area contributed by atoms with Crippen molar-refractivity contribution in [3.05, 3.63) is 69.4 Å². The van der Waals surface area contributed by atoms with Gasteiger partial charge in [-0.2, -0.15) is 0 Å². The molecule has 3 rings (SSSR count). The number of nitrogens with zero attached hydrogens (tertiary/aromatic N) is 1. The number of carboxylic acids is 1. The number of benzene rings is 2. The predicted octanol–water partition coefficient (Wildman–Crippen LogP) is 4.82. The Hall–Kier alpha value is -2.64. The zero-order valence-electron chi connectivity index (χ0n) is 15.7. The van der Waals surface area contributed by atoms with Gasteiger partial charge in [0, 0.05) is 27.6 Å². The lowest BCUT2D eigenvalue weighted by Crippen LogP contribution is -2.49. The number of amides is 1. The second kappa shape index (κ2) is 8.39. The molecule has 0 unspecified atom stereocenters. The zero-order valence-corrected chi connectivity index (χ0v) is 18.0. The highest BCUT2D eigenvalue weighted by Crippen LogP contribution is 2.36. The molecule has 29 heavy (non-hydrogen) atoms. The number of hydrogen-bond acceptors (Lipinski definition) is 4. The quantitative estimate of drug-likeness (QED) is 0.497. The Kier molecular flexibility index (Phi) is 6.10. The first kappa shape index (κ1) is 21.1. The van der Waals surface area contributed by atoms with Crippen molar-refractivity contribution in [1.82, 2.24) is 10.3 Å². The van der Waals surface area contributed by atoms with Crippen LogP contribution in [-0.4, -0.2) is 27.5 Å². The summed E-state index contributed by atoms with van der Waals surface area (Å²) in [5.74, 6) is -1.42. The number of ether oxygens (including phenoxy) is 1. The molecule has 3 aromatic rings. The van der Waals surface area contributed by atoms with E-state index in [1.54, 1.807) is 18.3 Å². The van der Waals surface area contributed by atoms with Crippen molar-refractivity contribution >= 4 is 50.2 Å². The highest BCUT2D eigenvalue weighted by atomic mass is 79.9. The van der Waals surface area contributed by atoms with Crippen LogP contribution in [0.15, 0.2) is 53.3 Å². The van der Waals surface area contributed by atoms with E-state index in [0.717, 1.165) is 10.9 Å². The average molecular weight is 478 g/mol. The van der Waals surface area contributed by atoms with Crippen LogP contribution in [0, 0.1) is 0 Å². The number of hydrogen-bond donors (Lipinski definition) is 2. The van der Waals surface area contributed by atoms with Crippen molar-refractivity contribution in [2.24, 2.45) is 0 Å². The van der Waals surface area contributed by atoms with E-state index in [4.69, 9.17) is 16.3 Å². The molecule has 0 bridgehead atoms. The van der Waals surface area contributed by atoms with E-state index in [-0.39, 0.29) is 12.2 Å². The van der Waals surface area contributed by atoms with E-state index in [1.165, 1.54) is 19.9 Å². The monoisotopic (exact) mass is 476 g/mol. The second-order valence-electron chi connectivity index (χ2n) is 6.94. The molecule has 0 atom stereocenters. The maximum Gasteiger partial charge on any atom is 0.328 e. The topological polar surface area (TPSA) is 88.5 Å². The largest absolute Gasteiger partial charge is 0.487 e. The van der Waals surface area contributed by atoms with Crippen LogP contribution < -0.4 is 10.1 Å². The Labute approximate surface area is 181 Å². The normalized spacial score (nSPS) is 11.3. The first-order valence-electron chi connectivity index (χ1n) is 8.69. The molecule has 1 heterocycles. The summed E-state index contributed by atoms with van der Waals surface area (Å²) in [5, 5.41) is 13.6. The minimum atomic E-state index is -1.46. The third-order valence-electron chi connectivity index (χ3n) is 4.32. The summed E-state index contributed by atoms with van der Waals surface area (Å²) in [6, 6.07) is 12.4. The van der Waals surface area contributed by atoms with Crippen LogP contribution in [0.5, 0.6) is 5.75 Å². The van der Waals surface area contributed by atoms with Gasteiger partial charge in [0.25, 0.3) is 5.91 Å². The summed E-state index contributed by atoms with van der Waals surface area (Å²) in [5.41, 5.74) is -0.486. The Bertz CT molecular complexity index is 1080. The average Bonchev–Trinajstić information content (AvgIpc) is 2.68. The highest BCUT2D eigenvalue weighted by molar-refractivity contribution is 9.10. The molecule has 0 saturated heterocycles. The van der Waals surface area contributed by atoms with E-state index >= 15 is 0 Å². The summed E-state index contributed by atoms with van der Waals surface area (Å²) in [6.07, 6.45) is 1.66. The number of carboxylic acid groups (broad SMARTS) is 1. The van der Waals surface area contributed by atoms with Crippen molar-refractivity contribution in [3.63, 3.8) is 0 Å². The number of carbonyl (C=O) groups excluding carboxylic acids is 1. The van der Waals surface area contributed by atoms with Crippen LogP contribution in [0.3, 0.4) is 0 Å². The number of carbonyl (C=O) groups is 2. The van der Waals surface area contributed by atoms with E-state index in [9.17, 15) is 14.7 Å². The van der Waals surface area contributed by atoms with Gasteiger partial charge in [-0.05, 0) is 41.9 Å². The Morgan fingerprint density at radius 2 is 1.90 bits per heavy atom. The van der Waals surface area contributed by atoms with E-state index < -0.39 is 17.4 Å². The first-order chi connectivity index (χ1) is 13.7. The Morgan fingerprint density at radius 1 is 1.21 bits per heavy atom. The van der Waals surface area contributed by atoms with Crippen molar-refractivity contribution < 1.29 is 19.4 Å². The van der Waals surface area contributed by atoms with Crippen LogP contribution in [0.4, 0.5) is 0 Å². The molecule has 6 nitrogen and oxygen atoms in total. The van der Waals surface area contributed by atoms with E-state index in [0.29, 0.717) is 20.8 Å². The maximum atomic E-state index is 12.9. The molecule has 0 aliphatic heterocycles. The Balaban J connectivity index is 2.03. The van der Waals surface area contributed by atoms with Gasteiger partial charge in [-0.25, -0.2) is 9.78 Å². The standard InChI is InChI=1S/C21H18BrClN2O4/c1-21(2,20(27)28)25-19(26)15-9-16(23)13-5-3-4-6-14(13)18(15)29-11-12-7-8-17(22)24-10-12/h3-10H,11H2,1-2H3,(H,25,26)(H,27,28). The molecule has 0 saturated carbocycles. The summed E-state index contributed by atoms with van der Waals surface area (Å²) in [6.45, 7) is 2.99. The van der Waals surface area contributed by atoms with Gasteiger partial charge >= 0.3 is 5.97 Å². The molecule has 2 aromatic carbocycles. The minimum Gasteiger partial charge on any atom is -0.487 e. The van der Waals surface area contributed by atoms with Crippen LogP contribution >= 0.6 is 27.5 Å². The fraction of sp³-hybridized carbons (Fsp3) is 0.190. The van der Waals surface area contributed by atoms with Crippen LogP contribution in [0.2, 0.25) is 5.02 Å². The van der Waals surface area contributed by atoms with Gasteiger partial charge in [-0.15, -0.1) is 0 Å². The van der Waals surface area contributed by atoms with Gasteiger partial charge in [0.05, 0.1) is 5.56 Å². The molecule has 8 heteroatoms. The number of aromatic nitrogens is 1. The molecular weight excluding hydrogens is 460 g/mol. The Morgan fingerprint density at radius 3 is 2.52 bits per heavy atom. The molecule has 1 aromatic heterocycles. The van der Waals surface area contributed by atoms with E-state index in [1.807, 2.05) is 24.3 Å². The molecule has 1 amide bonds. The summed E-state index contributed by atoms with van der Waals surface area (Å²) in [7, 11) is 0. The van der Waals surface area contributed by atoms with Crippen molar-refractivity contribution in [3.8, 4) is 5.75 Å². The smallest absolute Gasteiger partial charge is 0.328 e. The second-order valence-corrected chi connectivity index (χ2v) is 8.16. The fourth-order valence-corrected chi connectivity index (χ4v) is 3.19. The predicted molar refractivity (Wildman–Crippen MR) is 114 cm³/mol. The van der Waals surface area contributed by atoms with Crippen molar-refractivity contribution in [2.75, 3.05) is 0 Å². The molecule has 2 N–H and O–H groups in total. The van der Waals surface area contributed by atoms with Gasteiger partial charge in [0.2, 0.25) is 0 Å². The lowest BCUT2D eigenvalue weighted by atomic mass is 10.0. The number of nitrogens with one attached hydrogen (secondary N) is 1. The van der Waals surface area contributed by atoms with Crippen molar-refractivity contribution in [2.45, 2.75) is 26.0 Å². The molecule has 0 fully saturated rings. The van der Waals surface area contributed by atoms with Gasteiger partial charge in [0.1, 0.15) is 22.5 Å². The van der Waals surface area contributed by atoms with Crippen molar-refractivity contribution in [1.29, 1.82) is 0 Å². The number of pyridine rings is 1. The first-order valence-corrected chi connectivity index (χ1v) is 9.86. The lowest BCUT2D eigenvalue weighted by molar-refractivity contribution is -0.143. The third-order valence-corrected chi connectivity index (χ3v) is 5.10. The number of fused-ring (bicyclic) bond motifs is 1. The number of halogens is 2. The van der Waals surface area contributed by atoms with E-state index in [2.05, 4.69) is 26.2 Å². The molecule has 150 valence electrons. The number of aliphatic carboxylic acids is 1. The minimum absolute atomic E-state index is 0.160. The fourth-order valence-electron chi connectivity index (χ4n) is 2.68. The number of rotatable bonds is 6. The molecule has 0 aliphatic carbocycles. The summed E-state index contributed by atoms with van der Waals surface area (Å²) in [4.78, 5) is 28.5. The summed E-state index contributed by atoms with van der Waals surface area (Å²) < 4.78 is 6.71. The van der Waals surface area contributed by atoms with Gasteiger partial charge in [-0.1, -0.05) is 41.9 Å². The van der Waals surface area contributed by atoms with Gasteiger partial charge in [0.15, 0.2) is 0 Å². The third kappa shape index (κ3) is 4.68. The van der Waals surface area contributed by atoms with Crippen LogP contribution in [-0.2, 0) is 11.4 Å². The zero-order chi connectivity index (χ0) is 21.2. The van der Waals surface area contributed by atoms with Gasteiger partial charge in [-0.3, -0.25) is 4.79 Å². The van der Waals surface area contributed by atoms with Gasteiger partial charge < -0.3 is 15.2 Å². The molecular formula is C21H18BrClN2O4. The highest BCUT2D eigenvalue weighted by Gasteiger charge is 2.31. The molecule has 0 radical (unpaired) electrons. The molecule has 0 spiro atoms. The van der Waals surface area contributed by atoms with Crippen LogP contribution in [0.25, 0.3) is 10.8 Å². The van der Waals surface area contributed by atoms with Crippen LogP contribution in [0.1, 0.15) is 29.8 Å². The SMILES string of the molecule is CC(C)(NC(=O)c1cc(Cl)c2ccccc2c1OCc1ccc(Br)nc1)C(=O)O.